The van der Waals surface area contributed by atoms with Gasteiger partial charge in [0.2, 0.25) is 0 Å². The lowest BCUT2D eigenvalue weighted by Gasteiger charge is -2.43. The van der Waals surface area contributed by atoms with E-state index in [1.165, 1.54) is 18.7 Å². The SMILES string of the molecule is CCS[C@@H]1O[C@H](C(=O)OC)[C@@H](OC(C)=O)[C@H](OC(C)=O)[C@H]1OC(C)=O. The van der Waals surface area contributed by atoms with E-state index in [2.05, 4.69) is 4.74 Å². The van der Waals surface area contributed by atoms with E-state index >= 15 is 0 Å². The van der Waals surface area contributed by atoms with Crippen LogP contribution in [0.2, 0.25) is 0 Å². The van der Waals surface area contributed by atoms with Crippen LogP contribution in [0, 0.1) is 0 Å². The Labute approximate surface area is 149 Å². The lowest BCUT2D eigenvalue weighted by atomic mass is 9.99. The van der Waals surface area contributed by atoms with E-state index in [1.807, 2.05) is 6.92 Å². The molecule has 1 heterocycles. The smallest absolute Gasteiger partial charge is 0.339 e. The standard InChI is InChI=1S/C15H22O9S/c1-6-25-15-13(23-9(4)18)11(22-8(3)17)10(21-7(2)16)12(24-15)14(19)20-5/h10-13,15H,6H2,1-5H3/t10-,11-,12-,13+,15-/m0/s1. The minimum atomic E-state index is -1.32. The Bertz CT molecular complexity index is 521. The predicted molar refractivity (Wildman–Crippen MR) is 85.5 cm³/mol. The summed E-state index contributed by atoms with van der Waals surface area (Å²) in [5.41, 5.74) is -0.811. The van der Waals surface area contributed by atoms with Crippen LogP contribution >= 0.6 is 11.8 Å². The molecule has 1 aliphatic heterocycles. The molecule has 0 unspecified atom stereocenters. The van der Waals surface area contributed by atoms with E-state index in [0.717, 1.165) is 21.0 Å². The second-order valence-corrected chi connectivity index (χ2v) is 6.50. The van der Waals surface area contributed by atoms with Crippen molar-refractivity contribution in [3.8, 4) is 0 Å². The number of esters is 4. The number of thioether (sulfide) groups is 1. The molecular weight excluding hydrogens is 356 g/mol. The van der Waals surface area contributed by atoms with E-state index in [0.29, 0.717) is 5.75 Å². The van der Waals surface area contributed by atoms with Crippen LogP contribution in [0.25, 0.3) is 0 Å². The average molecular weight is 378 g/mol. The van der Waals surface area contributed by atoms with Crippen LogP contribution < -0.4 is 0 Å². The second-order valence-electron chi connectivity index (χ2n) is 5.13. The molecule has 0 aromatic heterocycles. The molecule has 1 fully saturated rings. The van der Waals surface area contributed by atoms with Gasteiger partial charge in [-0.1, -0.05) is 6.92 Å². The number of rotatable bonds is 6. The van der Waals surface area contributed by atoms with Crippen molar-refractivity contribution < 1.29 is 42.9 Å². The van der Waals surface area contributed by atoms with Crippen molar-refractivity contribution in [1.82, 2.24) is 0 Å². The summed E-state index contributed by atoms with van der Waals surface area (Å²) < 4.78 is 25.9. The third kappa shape index (κ3) is 5.89. The number of hydrogen-bond donors (Lipinski definition) is 0. The molecule has 0 aromatic carbocycles. The summed E-state index contributed by atoms with van der Waals surface area (Å²) >= 11 is 1.25. The van der Waals surface area contributed by atoms with E-state index in [9.17, 15) is 19.2 Å². The summed E-state index contributed by atoms with van der Waals surface area (Å²) in [7, 11) is 1.15. The number of ether oxygens (including phenoxy) is 5. The molecule has 0 N–H and O–H groups in total. The fourth-order valence-electron chi connectivity index (χ4n) is 2.38. The largest absolute Gasteiger partial charge is 0.467 e. The Morgan fingerprint density at radius 3 is 1.80 bits per heavy atom. The Kier molecular flexibility index (Phi) is 8.17. The van der Waals surface area contributed by atoms with Gasteiger partial charge in [0, 0.05) is 20.8 Å². The van der Waals surface area contributed by atoms with Gasteiger partial charge in [-0.3, -0.25) is 14.4 Å². The molecule has 9 nitrogen and oxygen atoms in total. The van der Waals surface area contributed by atoms with Crippen molar-refractivity contribution in [3.63, 3.8) is 0 Å². The van der Waals surface area contributed by atoms with Gasteiger partial charge in [0.05, 0.1) is 7.11 Å². The average Bonchev–Trinajstić information content (AvgIpc) is 2.50. The molecule has 5 atom stereocenters. The molecule has 10 heteroatoms. The first kappa shape index (κ1) is 21.2. The van der Waals surface area contributed by atoms with Gasteiger partial charge in [-0.2, -0.15) is 0 Å². The number of carbonyl (C=O) groups is 4. The highest BCUT2D eigenvalue weighted by atomic mass is 32.2. The molecule has 1 rings (SSSR count). The van der Waals surface area contributed by atoms with Crippen molar-refractivity contribution in [1.29, 1.82) is 0 Å². The molecular formula is C15H22O9S. The fraction of sp³-hybridized carbons (Fsp3) is 0.733. The van der Waals surface area contributed by atoms with Gasteiger partial charge in [-0.15, -0.1) is 11.8 Å². The van der Waals surface area contributed by atoms with Gasteiger partial charge < -0.3 is 23.7 Å². The summed E-state index contributed by atoms with van der Waals surface area (Å²) in [5.74, 6) is -2.27. The molecule has 0 aromatic rings. The first-order valence-electron chi connectivity index (χ1n) is 7.57. The highest BCUT2D eigenvalue weighted by Crippen LogP contribution is 2.34. The minimum absolute atomic E-state index is 0.571. The van der Waals surface area contributed by atoms with Crippen LogP contribution in [0.5, 0.6) is 0 Å². The monoisotopic (exact) mass is 378 g/mol. The molecule has 1 aliphatic rings. The van der Waals surface area contributed by atoms with Gasteiger partial charge in [-0.05, 0) is 5.75 Å². The maximum atomic E-state index is 12.1. The lowest BCUT2D eigenvalue weighted by molar-refractivity contribution is -0.235. The molecule has 25 heavy (non-hydrogen) atoms. The third-order valence-electron chi connectivity index (χ3n) is 3.17. The maximum Gasteiger partial charge on any atom is 0.339 e. The summed E-state index contributed by atoms with van der Waals surface area (Å²) in [6.45, 7) is 5.31. The molecule has 0 bridgehead atoms. The quantitative estimate of drug-likeness (QED) is 0.476. The van der Waals surface area contributed by atoms with Crippen LogP contribution in [0.15, 0.2) is 0 Å². The first-order chi connectivity index (χ1) is 11.7. The first-order valence-corrected chi connectivity index (χ1v) is 8.62. The molecule has 0 radical (unpaired) electrons. The van der Waals surface area contributed by atoms with Crippen molar-refractivity contribution in [3.05, 3.63) is 0 Å². The molecule has 1 saturated heterocycles. The van der Waals surface area contributed by atoms with Gasteiger partial charge in [0.25, 0.3) is 0 Å². The van der Waals surface area contributed by atoms with Crippen LogP contribution in [0.4, 0.5) is 0 Å². The van der Waals surface area contributed by atoms with E-state index in [-0.39, 0.29) is 0 Å². The molecule has 0 spiro atoms. The number of methoxy groups -OCH3 is 1. The van der Waals surface area contributed by atoms with E-state index in [1.54, 1.807) is 0 Å². The zero-order chi connectivity index (χ0) is 19.1. The molecule has 0 amide bonds. The number of carbonyl (C=O) groups excluding carboxylic acids is 4. The van der Waals surface area contributed by atoms with Crippen LogP contribution in [-0.4, -0.2) is 66.6 Å². The normalized spacial score (nSPS) is 28.6. The van der Waals surface area contributed by atoms with Gasteiger partial charge in [0.15, 0.2) is 24.4 Å². The predicted octanol–water partition coefficient (Wildman–Crippen LogP) is 0.432. The van der Waals surface area contributed by atoms with Crippen molar-refractivity contribution in [2.24, 2.45) is 0 Å². The third-order valence-corrected chi connectivity index (χ3v) is 4.21. The summed E-state index contributed by atoms with van der Waals surface area (Å²) in [5, 5.41) is 0. The Balaban J connectivity index is 3.31. The fourth-order valence-corrected chi connectivity index (χ4v) is 3.31. The zero-order valence-electron chi connectivity index (χ0n) is 14.7. The second kappa shape index (κ2) is 9.62. The highest BCUT2D eigenvalue weighted by Gasteiger charge is 2.54. The Morgan fingerprint density at radius 1 is 0.880 bits per heavy atom. The van der Waals surface area contributed by atoms with E-state index < -0.39 is 53.7 Å². The zero-order valence-corrected chi connectivity index (χ0v) is 15.5. The van der Waals surface area contributed by atoms with Crippen LogP contribution in [0.3, 0.4) is 0 Å². The van der Waals surface area contributed by atoms with Crippen LogP contribution in [-0.2, 0) is 42.9 Å². The maximum absolute atomic E-state index is 12.1. The molecule has 142 valence electrons. The van der Waals surface area contributed by atoms with E-state index in [4.69, 9.17) is 18.9 Å². The number of hydrogen-bond acceptors (Lipinski definition) is 10. The Morgan fingerprint density at radius 2 is 1.36 bits per heavy atom. The van der Waals surface area contributed by atoms with Crippen molar-refractivity contribution in [2.75, 3.05) is 12.9 Å². The molecule has 0 saturated carbocycles. The minimum Gasteiger partial charge on any atom is -0.467 e. The lowest BCUT2D eigenvalue weighted by Crippen LogP contribution is -2.62. The summed E-state index contributed by atoms with van der Waals surface area (Å²) in [6, 6.07) is 0. The van der Waals surface area contributed by atoms with Gasteiger partial charge >= 0.3 is 23.9 Å². The summed E-state index contributed by atoms with van der Waals surface area (Å²) in [6.07, 6.45) is -4.91. The summed E-state index contributed by atoms with van der Waals surface area (Å²) in [4.78, 5) is 46.5. The van der Waals surface area contributed by atoms with Gasteiger partial charge in [-0.25, -0.2) is 4.79 Å². The Hall–Kier alpha value is -1.81. The van der Waals surface area contributed by atoms with Gasteiger partial charge in [0.1, 0.15) is 5.44 Å². The highest BCUT2D eigenvalue weighted by molar-refractivity contribution is 7.99. The molecule has 0 aliphatic carbocycles. The topological polar surface area (TPSA) is 114 Å². The van der Waals surface area contributed by atoms with Crippen LogP contribution in [0.1, 0.15) is 27.7 Å². The van der Waals surface area contributed by atoms with Crippen molar-refractivity contribution >= 4 is 35.6 Å². The van der Waals surface area contributed by atoms with Crippen molar-refractivity contribution in [2.45, 2.75) is 57.5 Å².